The summed E-state index contributed by atoms with van der Waals surface area (Å²) in [6.45, 7) is 6.86. The molecule has 41 heavy (non-hydrogen) atoms. The number of aliphatic hydroxyl groups is 1. The van der Waals surface area contributed by atoms with Gasteiger partial charge in [0, 0.05) is 6.20 Å². The van der Waals surface area contributed by atoms with Crippen LogP contribution < -0.4 is 15.3 Å². The quantitative estimate of drug-likeness (QED) is 0.194. The van der Waals surface area contributed by atoms with Crippen molar-refractivity contribution in [3.05, 3.63) is 48.4 Å². The molecule has 2 aromatic heterocycles. The number of hydrogen-bond donors (Lipinski definition) is 3. The number of hydrogen-bond acceptors (Lipinski definition) is 10. The van der Waals surface area contributed by atoms with Gasteiger partial charge in [-0.3, -0.25) is 9.32 Å². The number of nitrogens with one attached hydrogen (secondary N) is 1. The molecular formula is C27H37FN5O7P. The maximum Gasteiger partial charge on any atom is 0.459 e. The summed E-state index contributed by atoms with van der Waals surface area (Å²) >= 11 is 0. The Balaban J connectivity index is 1.48. The Kier molecular flexibility index (Phi) is 9.98. The number of fused-ring (bicyclic) bond motifs is 1. The van der Waals surface area contributed by atoms with Gasteiger partial charge in [0.05, 0.1) is 18.6 Å². The molecule has 0 spiro atoms. The Morgan fingerprint density at radius 2 is 1.95 bits per heavy atom. The number of rotatable bonds is 13. The molecule has 0 bridgehead atoms. The molecule has 4 N–H and O–H groups in total. The summed E-state index contributed by atoms with van der Waals surface area (Å²) in [5.74, 6) is 0.414. The van der Waals surface area contributed by atoms with Crippen LogP contribution in [0.5, 0.6) is 5.75 Å². The SMILES string of the molecule is CCC(CC)COC(=O)[C@H](C)NP(=O)(OC[C@H]1O[C@@H](n2ccc3c(N)nc(C)nc32)[C@H](F)C1O)Oc1ccccc1. The zero-order chi connectivity index (χ0) is 29.7. The average molecular weight is 594 g/mol. The number of aryl methyl sites for hydroxylation is 1. The molecule has 14 heteroatoms. The van der Waals surface area contributed by atoms with E-state index in [-0.39, 0.29) is 24.1 Å². The molecule has 224 valence electrons. The molecule has 1 aliphatic heterocycles. The number of para-hydroxylation sites is 1. The number of ether oxygens (including phenoxy) is 2. The van der Waals surface area contributed by atoms with Crippen molar-refractivity contribution in [1.82, 2.24) is 19.6 Å². The monoisotopic (exact) mass is 593 g/mol. The van der Waals surface area contributed by atoms with E-state index in [9.17, 15) is 14.5 Å². The van der Waals surface area contributed by atoms with E-state index in [1.54, 1.807) is 49.5 Å². The van der Waals surface area contributed by atoms with E-state index >= 15 is 4.39 Å². The lowest BCUT2D eigenvalue weighted by atomic mass is 10.1. The zero-order valence-electron chi connectivity index (χ0n) is 23.5. The largest absolute Gasteiger partial charge is 0.464 e. The predicted molar refractivity (Wildman–Crippen MR) is 150 cm³/mol. The van der Waals surface area contributed by atoms with Gasteiger partial charge in [-0.25, -0.2) is 18.9 Å². The summed E-state index contributed by atoms with van der Waals surface area (Å²) in [7, 11) is -4.25. The number of anilines is 1. The van der Waals surface area contributed by atoms with Crippen LogP contribution in [0.15, 0.2) is 42.6 Å². The summed E-state index contributed by atoms with van der Waals surface area (Å²) in [5, 5.41) is 13.8. The van der Waals surface area contributed by atoms with Gasteiger partial charge in [0.25, 0.3) is 0 Å². The molecule has 0 radical (unpaired) electrons. The number of aliphatic hydroxyl groups excluding tert-OH is 1. The van der Waals surface area contributed by atoms with E-state index in [0.29, 0.717) is 16.9 Å². The maximum atomic E-state index is 15.3. The lowest BCUT2D eigenvalue weighted by molar-refractivity contribution is -0.146. The van der Waals surface area contributed by atoms with Crippen molar-refractivity contribution in [1.29, 1.82) is 0 Å². The third-order valence-electron chi connectivity index (χ3n) is 6.98. The van der Waals surface area contributed by atoms with Gasteiger partial charge in [-0.15, -0.1) is 0 Å². The van der Waals surface area contributed by atoms with Gasteiger partial charge < -0.3 is 29.4 Å². The van der Waals surface area contributed by atoms with Gasteiger partial charge in [-0.05, 0) is 38.0 Å². The van der Waals surface area contributed by atoms with Gasteiger partial charge in [-0.2, -0.15) is 5.09 Å². The topological polar surface area (TPSA) is 160 Å². The predicted octanol–water partition coefficient (Wildman–Crippen LogP) is 4.08. The normalized spacial score (nSPS) is 23.0. The van der Waals surface area contributed by atoms with Gasteiger partial charge in [-0.1, -0.05) is 44.9 Å². The number of esters is 1. The first-order chi connectivity index (χ1) is 19.5. The first-order valence-corrected chi connectivity index (χ1v) is 15.1. The molecule has 12 nitrogen and oxygen atoms in total. The molecule has 1 aromatic carbocycles. The molecule has 1 aliphatic rings. The molecule has 0 aliphatic carbocycles. The number of halogens is 1. The molecular weight excluding hydrogens is 556 g/mol. The van der Waals surface area contributed by atoms with Crippen LogP contribution in [0, 0.1) is 12.8 Å². The summed E-state index contributed by atoms with van der Waals surface area (Å²) in [6, 6.07) is 8.80. The molecule has 3 aromatic rings. The Morgan fingerprint density at radius 3 is 2.63 bits per heavy atom. The molecule has 0 saturated carbocycles. The Bertz CT molecular complexity index is 1370. The summed E-state index contributed by atoms with van der Waals surface area (Å²) in [5.41, 5.74) is 6.32. The van der Waals surface area contributed by atoms with Gasteiger partial charge >= 0.3 is 13.7 Å². The average Bonchev–Trinajstić information content (AvgIpc) is 3.48. The highest BCUT2D eigenvalue weighted by Crippen LogP contribution is 2.46. The van der Waals surface area contributed by atoms with Crippen LogP contribution in [0.2, 0.25) is 0 Å². The van der Waals surface area contributed by atoms with E-state index in [1.165, 1.54) is 11.5 Å². The molecule has 4 rings (SSSR count). The Morgan fingerprint density at radius 1 is 1.24 bits per heavy atom. The second kappa shape index (κ2) is 13.3. The minimum Gasteiger partial charge on any atom is -0.464 e. The number of carbonyl (C=O) groups excluding carboxylic acids is 1. The summed E-state index contributed by atoms with van der Waals surface area (Å²) in [6.07, 6.45) is -2.72. The third-order valence-corrected chi connectivity index (χ3v) is 8.62. The van der Waals surface area contributed by atoms with Gasteiger partial charge in [0.15, 0.2) is 12.4 Å². The maximum absolute atomic E-state index is 15.3. The molecule has 0 amide bonds. The van der Waals surface area contributed by atoms with Crippen LogP contribution in [0.1, 0.15) is 45.7 Å². The number of benzene rings is 1. The smallest absolute Gasteiger partial charge is 0.459 e. The Labute approximate surface area is 237 Å². The third kappa shape index (κ3) is 7.22. The van der Waals surface area contributed by atoms with Crippen LogP contribution in [0.4, 0.5) is 10.2 Å². The number of alkyl halides is 1. The second-order valence-corrected chi connectivity index (χ2v) is 11.7. The highest BCUT2D eigenvalue weighted by Gasteiger charge is 2.47. The molecule has 1 fully saturated rings. The number of aromatic nitrogens is 3. The minimum absolute atomic E-state index is 0.210. The fourth-order valence-corrected chi connectivity index (χ4v) is 5.96. The van der Waals surface area contributed by atoms with E-state index in [4.69, 9.17) is 24.3 Å². The number of carbonyl (C=O) groups is 1. The zero-order valence-corrected chi connectivity index (χ0v) is 24.4. The standard InChI is InChI=1S/C27H37FN5O7P/c1-5-18(6-2)14-37-27(35)16(3)32-41(36,40-19-10-8-7-9-11-19)38-15-21-23(34)22(28)26(39-21)33-13-12-20-24(29)30-17(4)31-25(20)33/h7-13,16,18,21-23,26,34H,5-6,14-15H2,1-4H3,(H,32,36)(H2,29,30,31)/t16-,21+,22+,23?,26+,41?/m0/s1. The number of nitrogens with zero attached hydrogens (tertiary/aromatic N) is 3. The molecule has 2 unspecified atom stereocenters. The Hall–Kier alpha value is -3.09. The van der Waals surface area contributed by atoms with E-state index in [2.05, 4.69) is 15.1 Å². The fraction of sp³-hybridized carbons (Fsp3) is 0.519. The minimum atomic E-state index is -4.25. The van der Waals surface area contributed by atoms with Crippen LogP contribution >= 0.6 is 7.75 Å². The van der Waals surface area contributed by atoms with Gasteiger partial charge in [0.1, 0.15) is 41.3 Å². The van der Waals surface area contributed by atoms with Crippen molar-refractivity contribution in [2.45, 2.75) is 71.2 Å². The molecule has 6 atom stereocenters. The van der Waals surface area contributed by atoms with Gasteiger partial charge in [0.2, 0.25) is 0 Å². The lowest BCUT2D eigenvalue weighted by Crippen LogP contribution is -2.37. The van der Waals surface area contributed by atoms with Crippen molar-refractivity contribution < 1.29 is 37.4 Å². The van der Waals surface area contributed by atoms with Crippen molar-refractivity contribution >= 4 is 30.6 Å². The highest BCUT2D eigenvalue weighted by molar-refractivity contribution is 7.52. The molecule has 3 heterocycles. The fourth-order valence-electron chi connectivity index (χ4n) is 4.46. The van der Waals surface area contributed by atoms with Crippen LogP contribution in [-0.2, 0) is 23.4 Å². The first kappa shape index (κ1) is 30.9. The highest BCUT2D eigenvalue weighted by atomic mass is 31.2. The van der Waals surface area contributed by atoms with Crippen LogP contribution in [0.3, 0.4) is 0 Å². The number of nitrogen functional groups attached to an aromatic ring is 1. The summed E-state index contributed by atoms with van der Waals surface area (Å²) < 4.78 is 53.0. The van der Waals surface area contributed by atoms with Crippen LogP contribution in [-0.4, -0.2) is 63.2 Å². The lowest BCUT2D eigenvalue weighted by Gasteiger charge is -2.25. The van der Waals surface area contributed by atoms with E-state index in [1.807, 2.05) is 13.8 Å². The van der Waals surface area contributed by atoms with Crippen LogP contribution in [0.25, 0.3) is 11.0 Å². The van der Waals surface area contributed by atoms with Crippen molar-refractivity contribution in [2.75, 3.05) is 18.9 Å². The van der Waals surface area contributed by atoms with E-state index in [0.717, 1.165) is 12.8 Å². The second-order valence-electron chi connectivity index (χ2n) is 9.98. The summed E-state index contributed by atoms with van der Waals surface area (Å²) in [4.78, 5) is 21.1. The van der Waals surface area contributed by atoms with Crippen molar-refractivity contribution in [2.24, 2.45) is 5.92 Å². The van der Waals surface area contributed by atoms with Crippen molar-refractivity contribution in [3.8, 4) is 5.75 Å². The number of nitrogens with two attached hydrogens (primary N) is 1. The molecule has 1 saturated heterocycles. The van der Waals surface area contributed by atoms with E-state index < -0.39 is 51.0 Å². The van der Waals surface area contributed by atoms with Crippen molar-refractivity contribution in [3.63, 3.8) is 0 Å². The first-order valence-electron chi connectivity index (χ1n) is 13.6.